The summed E-state index contributed by atoms with van der Waals surface area (Å²) >= 11 is 0. The van der Waals surface area contributed by atoms with Crippen molar-refractivity contribution in [1.82, 2.24) is 9.78 Å². The Morgan fingerprint density at radius 1 is 1.92 bits per heavy atom. The molecule has 0 aliphatic carbocycles. The monoisotopic (exact) mass is 172 g/mol. The van der Waals surface area contributed by atoms with Crippen molar-refractivity contribution in [3.05, 3.63) is 18.2 Å². The maximum absolute atomic E-state index is 12.3. The number of nitrogens with zero attached hydrogens (tertiary/aromatic N) is 2. The minimum atomic E-state index is -0.918. The van der Waals surface area contributed by atoms with Crippen LogP contribution in [0.4, 0.5) is 4.39 Å². The van der Waals surface area contributed by atoms with Crippen molar-refractivity contribution in [2.24, 2.45) is 0 Å². The molecule has 66 valence electrons. The van der Waals surface area contributed by atoms with E-state index < -0.39 is 11.9 Å². The van der Waals surface area contributed by atoms with Crippen molar-refractivity contribution in [3.63, 3.8) is 0 Å². The van der Waals surface area contributed by atoms with Crippen LogP contribution < -0.4 is 0 Å². The molecule has 0 fully saturated rings. The van der Waals surface area contributed by atoms with Crippen LogP contribution in [0.1, 0.15) is 19.4 Å². The Hall–Kier alpha value is -1.39. The second-order valence-corrected chi connectivity index (χ2v) is 2.57. The lowest BCUT2D eigenvalue weighted by Crippen LogP contribution is -2.10. The summed E-state index contributed by atoms with van der Waals surface area (Å²) in [5.41, 5.74) is 0. The third-order valence-electron chi connectivity index (χ3n) is 1.50. The SMILES string of the molecule is CC(CC(=O)O)n1ccc(F)n1. The Kier molecular flexibility index (Phi) is 2.42. The molecule has 1 rings (SSSR count). The fraction of sp³-hybridized carbons (Fsp3) is 0.429. The van der Waals surface area contributed by atoms with E-state index in [1.807, 2.05) is 0 Å². The molecule has 1 aromatic rings. The van der Waals surface area contributed by atoms with Gasteiger partial charge < -0.3 is 5.11 Å². The molecule has 0 aromatic carbocycles. The van der Waals surface area contributed by atoms with Gasteiger partial charge in [0, 0.05) is 12.3 Å². The molecule has 0 bridgehead atoms. The van der Waals surface area contributed by atoms with Gasteiger partial charge in [-0.25, -0.2) is 0 Å². The number of hydrogen-bond donors (Lipinski definition) is 1. The van der Waals surface area contributed by atoms with Gasteiger partial charge in [-0.3, -0.25) is 9.48 Å². The summed E-state index contributed by atoms with van der Waals surface area (Å²) in [6, 6.07) is 0.880. The highest BCUT2D eigenvalue weighted by Crippen LogP contribution is 2.08. The van der Waals surface area contributed by atoms with E-state index >= 15 is 0 Å². The second-order valence-electron chi connectivity index (χ2n) is 2.57. The van der Waals surface area contributed by atoms with Crippen LogP contribution in [-0.2, 0) is 4.79 Å². The molecule has 0 aliphatic rings. The van der Waals surface area contributed by atoms with Crippen molar-refractivity contribution < 1.29 is 14.3 Å². The Morgan fingerprint density at radius 3 is 3.00 bits per heavy atom. The van der Waals surface area contributed by atoms with Crippen LogP contribution in [0.3, 0.4) is 0 Å². The van der Waals surface area contributed by atoms with E-state index in [0.717, 1.165) is 0 Å². The fourth-order valence-corrected chi connectivity index (χ4v) is 0.907. The van der Waals surface area contributed by atoms with E-state index in [9.17, 15) is 9.18 Å². The van der Waals surface area contributed by atoms with E-state index in [1.54, 1.807) is 6.92 Å². The summed E-state index contributed by atoms with van der Waals surface area (Å²) in [7, 11) is 0. The highest BCUT2D eigenvalue weighted by Gasteiger charge is 2.10. The first-order valence-electron chi connectivity index (χ1n) is 3.52. The molecule has 1 aromatic heterocycles. The summed E-state index contributed by atoms with van der Waals surface area (Å²) in [5.74, 6) is -1.51. The number of carboxylic acid groups (broad SMARTS) is 1. The van der Waals surface area contributed by atoms with Crippen LogP contribution in [-0.4, -0.2) is 20.9 Å². The van der Waals surface area contributed by atoms with E-state index in [0.29, 0.717) is 0 Å². The minimum Gasteiger partial charge on any atom is -0.481 e. The fourth-order valence-electron chi connectivity index (χ4n) is 0.907. The first-order chi connectivity index (χ1) is 5.59. The van der Waals surface area contributed by atoms with E-state index in [1.165, 1.54) is 16.9 Å². The lowest BCUT2D eigenvalue weighted by atomic mass is 10.2. The van der Waals surface area contributed by atoms with Crippen molar-refractivity contribution in [1.29, 1.82) is 0 Å². The van der Waals surface area contributed by atoms with Crippen molar-refractivity contribution in [3.8, 4) is 0 Å². The standard InChI is InChI=1S/C7H9FN2O2/c1-5(4-7(11)12)10-3-2-6(8)9-10/h2-3,5H,4H2,1H3,(H,11,12). The average Bonchev–Trinajstić information content (AvgIpc) is 2.34. The predicted molar refractivity (Wildman–Crippen MR) is 39.1 cm³/mol. The molecule has 4 nitrogen and oxygen atoms in total. The van der Waals surface area contributed by atoms with Gasteiger partial charge in [0.05, 0.1) is 12.5 Å². The highest BCUT2D eigenvalue weighted by molar-refractivity contribution is 5.67. The molecule has 0 saturated heterocycles. The van der Waals surface area contributed by atoms with E-state index in [2.05, 4.69) is 5.10 Å². The molecule has 5 heteroatoms. The number of halogens is 1. The van der Waals surface area contributed by atoms with Gasteiger partial charge in [-0.15, -0.1) is 5.10 Å². The van der Waals surface area contributed by atoms with Gasteiger partial charge in [-0.2, -0.15) is 4.39 Å². The highest BCUT2D eigenvalue weighted by atomic mass is 19.1. The Bertz CT molecular complexity index is 285. The maximum Gasteiger partial charge on any atom is 0.305 e. The quantitative estimate of drug-likeness (QED) is 0.741. The predicted octanol–water partition coefficient (Wildman–Crippen LogP) is 1.06. The van der Waals surface area contributed by atoms with Gasteiger partial charge >= 0.3 is 5.97 Å². The van der Waals surface area contributed by atoms with Crippen LogP contribution in [0, 0.1) is 5.95 Å². The summed E-state index contributed by atoms with van der Waals surface area (Å²) in [5, 5.41) is 11.9. The van der Waals surface area contributed by atoms with Crippen molar-refractivity contribution in [2.75, 3.05) is 0 Å². The van der Waals surface area contributed by atoms with Crippen LogP contribution in [0.15, 0.2) is 12.3 Å². The van der Waals surface area contributed by atoms with E-state index in [4.69, 9.17) is 5.11 Å². The molecule has 1 unspecified atom stereocenters. The van der Waals surface area contributed by atoms with Gasteiger partial charge in [0.25, 0.3) is 0 Å². The molecule has 0 spiro atoms. The first kappa shape index (κ1) is 8.70. The van der Waals surface area contributed by atoms with Gasteiger partial charge in [-0.1, -0.05) is 0 Å². The number of carbonyl (C=O) groups is 1. The second kappa shape index (κ2) is 3.34. The molecular weight excluding hydrogens is 163 g/mol. The minimum absolute atomic E-state index is 0.0544. The van der Waals surface area contributed by atoms with Gasteiger partial charge in [-0.05, 0) is 6.92 Å². The zero-order chi connectivity index (χ0) is 9.14. The maximum atomic E-state index is 12.3. The molecule has 1 atom stereocenters. The third kappa shape index (κ3) is 2.05. The smallest absolute Gasteiger partial charge is 0.305 e. The topological polar surface area (TPSA) is 55.1 Å². The summed E-state index contributed by atoms with van der Waals surface area (Å²) in [4.78, 5) is 10.3. The number of aromatic nitrogens is 2. The van der Waals surface area contributed by atoms with Crippen LogP contribution >= 0.6 is 0 Å². The third-order valence-corrected chi connectivity index (χ3v) is 1.50. The zero-order valence-corrected chi connectivity index (χ0v) is 6.57. The Labute approximate surface area is 68.6 Å². The summed E-state index contributed by atoms with van der Waals surface area (Å²) in [6.45, 7) is 1.67. The Morgan fingerprint density at radius 2 is 2.58 bits per heavy atom. The zero-order valence-electron chi connectivity index (χ0n) is 6.57. The molecule has 0 radical (unpaired) electrons. The summed E-state index contributed by atoms with van der Waals surface area (Å²) < 4.78 is 13.6. The van der Waals surface area contributed by atoms with Gasteiger partial charge in [0.2, 0.25) is 5.95 Å². The normalized spacial score (nSPS) is 12.8. The van der Waals surface area contributed by atoms with Crippen LogP contribution in [0.5, 0.6) is 0 Å². The van der Waals surface area contributed by atoms with Crippen molar-refractivity contribution in [2.45, 2.75) is 19.4 Å². The van der Waals surface area contributed by atoms with Gasteiger partial charge in [0.1, 0.15) is 0 Å². The van der Waals surface area contributed by atoms with Crippen molar-refractivity contribution >= 4 is 5.97 Å². The van der Waals surface area contributed by atoms with Gasteiger partial charge in [0.15, 0.2) is 0 Å². The first-order valence-corrected chi connectivity index (χ1v) is 3.52. The molecule has 1 heterocycles. The number of rotatable bonds is 3. The largest absolute Gasteiger partial charge is 0.481 e. The van der Waals surface area contributed by atoms with Crippen LogP contribution in [0.25, 0.3) is 0 Å². The number of carboxylic acids is 1. The number of hydrogen-bond acceptors (Lipinski definition) is 2. The summed E-state index contributed by atoms with van der Waals surface area (Å²) in [6.07, 6.45) is 1.37. The van der Waals surface area contributed by atoms with Crippen LogP contribution in [0.2, 0.25) is 0 Å². The molecule has 1 N–H and O–H groups in total. The molecule has 0 amide bonds. The molecular formula is C7H9FN2O2. The van der Waals surface area contributed by atoms with E-state index in [-0.39, 0.29) is 12.5 Å². The Balaban J connectivity index is 2.64. The molecule has 12 heavy (non-hydrogen) atoms. The lowest BCUT2D eigenvalue weighted by molar-refractivity contribution is -0.137. The number of aliphatic carboxylic acids is 1. The molecule has 0 aliphatic heterocycles. The lowest BCUT2D eigenvalue weighted by Gasteiger charge is -2.07. The molecule has 0 saturated carbocycles. The average molecular weight is 172 g/mol.